The Balaban J connectivity index is 0.00000280. The maximum atomic E-state index is 13.2. The molecule has 1 aromatic carbocycles. The number of halogens is 1. The molecule has 2 atom stereocenters. The Morgan fingerprint density at radius 1 is 1.25 bits per heavy atom. The van der Waals surface area contributed by atoms with Gasteiger partial charge in [0, 0.05) is 25.7 Å². The molecule has 2 saturated heterocycles. The Kier molecular flexibility index (Phi) is 7.17. The van der Waals surface area contributed by atoms with Gasteiger partial charge >= 0.3 is 0 Å². The van der Waals surface area contributed by atoms with E-state index in [2.05, 4.69) is 6.92 Å². The average molecular weight is 412 g/mol. The fourth-order valence-corrected chi connectivity index (χ4v) is 3.99. The zero-order chi connectivity index (χ0) is 19.6. The van der Waals surface area contributed by atoms with Crippen LogP contribution >= 0.6 is 12.4 Å². The molecule has 3 rings (SSSR count). The summed E-state index contributed by atoms with van der Waals surface area (Å²) in [5.74, 6) is 0.932. The number of nitrogens with zero attached hydrogens (tertiary/aromatic N) is 2. The molecule has 0 bridgehead atoms. The summed E-state index contributed by atoms with van der Waals surface area (Å²) < 4.78 is 10.6. The summed E-state index contributed by atoms with van der Waals surface area (Å²) >= 11 is 0. The molecule has 2 fully saturated rings. The minimum absolute atomic E-state index is 0. The van der Waals surface area contributed by atoms with Gasteiger partial charge in [0.25, 0.3) is 5.91 Å². The topological polar surface area (TPSA) is 85.1 Å². The number of hydrogen-bond acceptors (Lipinski definition) is 5. The fraction of sp³-hybridized carbons (Fsp3) is 0.600. The molecule has 0 radical (unpaired) electrons. The third kappa shape index (κ3) is 4.20. The first-order chi connectivity index (χ1) is 12.9. The number of amides is 2. The number of hydrogen-bond donors (Lipinski definition) is 1. The Morgan fingerprint density at radius 3 is 2.61 bits per heavy atom. The highest BCUT2D eigenvalue weighted by atomic mass is 35.5. The minimum Gasteiger partial charge on any atom is -0.497 e. The summed E-state index contributed by atoms with van der Waals surface area (Å²) in [6, 6.07) is 4.70. The van der Waals surface area contributed by atoms with Gasteiger partial charge in [-0.25, -0.2) is 0 Å². The van der Waals surface area contributed by atoms with E-state index in [4.69, 9.17) is 15.2 Å². The quantitative estimate of drug-likeness (QED) is 0.800. The van der Waals surface area contributed by atoms with Crippen LogP contribution in [0.1, 0.15) is 36.5 Å². The molecule has 2 aliphatic heterocycles. The predicted octanol–water partition coefficient (Wildman–Crippen LogP) is 1.93. The van der Waals surface area contributed by atoms with Crippen molar-refractivity contribution >= 4 is 24.2 Å². The van der Waals surface area contributed by atoms with Crippen molar-refractivity contribution in [1.29, 1.82) is 0 Å². The van der Waals surface area contributed by atoms with Crippen LogP contribution in [0.5, 0.6) is 11.5 Å². The zero-order valence-corrected chi connectivity index (χ0v) is 17.6. The monoisotopic (exact) mass is 411 g/mol. The van der Waals surface area contributed by atoms with Crippen molar-refractivity contribution in [3.8, 4) is 11.5 Å². The van der Waals surface area contributed by atoms with Gasteiger partial charge in [-0.3, -0.25) is 9.59 Å². The molecular formula is C20H30ClN3O4. The lowest BCUT2D eigenvalue weighted by molar-refractivity contribution is -0.134. The lowest BCUT2D eigenvalue weighted by Crippen LogP contribution is -2.48. The maximum Gasteiger partial charge on any atom is 0.258 e. The second-order valence-electron chi connectivity index (χ2n) is 7.75. The first-order valence-corrected chi connectivity index (χ1v) is 9.44. The lowest BCUT2D eigenvalue weighted by atomic mass is 9.90. The molecule has 8 heteroatoms. The molecule has 28 heavy (non-hydrogen) atoms. The van der Waals surface area contributed by atoms with E-state index in [9.17, 15) is 9.59 Å². The van der Waals surface area contributed by atoms with Gasteiger partial charge in [-0.2, -0.15) is 0 Å². The summed E-state index contributed by atoms with van der Waals surface area (Å²) in [7, 11) is 3.09. The van der Waals surface area contributed by atoms with Gasteiger partial charge in [0.1, 0.15) is 17.5 Å². The number of ether oxygens (including phenoxy) is 2. The third-order valence-corrected chi connectivity index (χ3v) is 5.80. The van der Waals surface area contributed by atoms with Gasteiger partial charge in [-0.15, -0.1) is 12.4 Å². The Labute approximate surface area is 172 Å². The van der Waals surface area contributed by atoms with E-state index in [1.54, 1.807) is 30.2 Å². The minimum atomic E-state index is -0.413. The number of nitrogens with two attached hydrogens (primary N) is 1. The smallest absolute Gasteiger partial charge is 0.258 e. The van der Waals surface area contributed by atoms with Crippen molar-refractivity contribution in [1.82, 2.24) is 9.80 Å². The Hall–Kier alpha value is -1.99. The third-order valence-electron chi connectivity index (χ3n) is 5.80. The van der Waals surface area contributed by atoms with Gasteiger partial charge in [-0.05, 0) is 43.4 Å². The van der Waals surface area contributed by atoms with Crippen LogP contribution in [0, 0.1) is 5.41 Å². The highest BCUT2D eigenvalue weighted by Gasteiger charge is 2.42. The van der Waals surface area contributed by atoms with Crippen LogP contribution < -0.4 is 15.2 Å². The van der Waals surface area contributed by atoms with E-state index in [0.29, 0.717) is 49.7 Å². The molecular weight excluding hydrogens is 382 g/mol. The van der Waals surface area contributed by atoms with Gasteiger partial charge in [0.05, 0.1) is 19.8 Å². The molecule has 0 saturated carbocycles. The highest BCUT2D eigenvalue weighted by molar-refractivity contribution is 6.00. The number of methoxy groups -OCH3 is 2. The normalized spacial score (nSPS) is 24.1. The Morgan fingerprint density at radius 2 is 2.00 bits per heavy atom. The van der Waals surface area contributed by atoms with Crippen LogP contribution in [0.3, 0.4) is 0 Å². The van der Waals surface area contributed by atoms with Crippen molar-refractivity contribution in [3.05, 3.63) is 23.8 Å². The van der Waals surface area contributed by atoms with E-state index >= 15 is 0 Å². The molecule has 2 aliphatic rings. The van der Waals surface area contributed by atoms with Crippen molar-refractivity contribution in [2.75, 3.05) is 40.4 Å². The van der Waals surface area contributed by atoms with Gasteiger partial charge < -0.3 is 25.0 Å². The van der Waals surface area contributed by atoms with Crippen molar-refractivity contribution in [2.45, 2.75) is 32.2 Å². The largest absolute Gasteiger partial charge is 0.497 e. The summed E-state index contributed by atoms with van der Waals surface area (Å²) in [6.07, 6.45) is 2.42. The number of carbonyl (C=O) groups excluding carboxylic acids is 2. The van der Waals surface area contributed by atoms with Gasteiger partial charge in [-0.1, -0.05) is 6.92 Å². The number of likely N-dealkylation sites (tertiary alicyclic amines) is 2. The standard InChI is InChI=1S/C20H29N3O4.ClH/c1-20(12-21)8-10-22(13-20)19(25)16-5-4-9-23(16)18(24)15-7-6-14(26-2)11-17(15)27-3;/h6-7,11,16H,4-5,8-10,12-13,21H2,1-3H3;1H. The van der Waals surface area contributed by atoms with Gasteiger partial charge in [0.2, 0.25) is 5.91 Å². The summed E-state index contributed by atoms with van der Waals surface area (Å²) in [5, 5.41) is 0. The van der Waals surface area contributed by atoms with E-state index in [-0.39, 0.29) is 29.6 Å². The number of rotatable bonds is 5. The molecule has 0 aliphatic carbocycles. The fourth-order valence-electron chi connectivity index (χ4n) is 3.99. The summed E-state index contributed by atoms with van der Waals surface area (Å²) in [4.78, 5) is 29.8. The van der Waals surface area contributed by atoms with Crippen LogP contribution in [0.4, 0.5) is 0 Å². The SMILES string of the molecule is COc1ccc(C(=O)N2CCCC2C(=O)N2CCC(C)(CN)C2)c(OC)c1.Cl. The molecule has 1 aromatic rings. The van der Waals surface area contributed by atoms with Crippen molar-refractivity contribution < 1.29 is 19.1 Å². The maximum absolute atomic E-state index is 13.2. The second kappa shape index (κ2) is 9.01. The molecule has 2 amide bonds. The molecule has 2 N–H and O–H groups in total. The molecule has 156 valence electrons. The number of carbonyl (C=O) groups is 2. The van der Waals surface area contributed by atoms with Gasteiger partial charge in [0.15, 0.2) is 0 Å². The second-order valence-corrected chi connectivity index (χ2v) is 7.75. The van der Waals surface area contributed by atoms with Crippen molar-refractivity contribution in [3.63, 3.8) is 0 Å². The first kappa shape index (κ1) is 22.3. The van der Waals surface area contributed by atoms with E-state index in [1.165, 1.54) is 7.11 Å². The van der Waals surface area contributed by atoms with Crippen LogP contribution in [0.25, 0.3) is 0 Å². The van der Waals surface area contributed by atoms with E-state index in [0.717, 1.165) is 12.8 Å². The number of benzene rings is 1. The predicted molar refractivity (Wildman–Crippen MR) is 109 cm³/mol. The zero-order valence-electron chi connectivity index (χ0n) is 16.8. The Bertz CT molecular complexity index is 729. The molecule has 0 aromatic heterocycles. The molecule has 2 heterocycles. The van der Waals surface area contributed by atoms with E-state index in [1.807, 2.05) is 4.90 Å². The molecule has 0 spiro atoms. The van der Waals surface area contributed by atoms with Crippen LogP contribution in [-0.4, -0.2) is 68.1 Å². The summed E-state index contributed by atoms with van der Waals surface area (Å²) in [6.45, 7) is 4.61. The highest BCUT2D eigenvalue weighted by Crippen LogP contribution is 2.32. The van der Waals surface area contributed by atoms with Crippen LogP contribution in [0.15, 0.2) is 18.2 Å². The average Bonchev–Trinajstić information content (AvgIpc) is 3.34. The van der Waals surface area contributed by atoms with E-state index < -0.39 is 6.04 Å². The van der Waals surface area contributed by atoms with Crippen LogP contribution in [0.2, 0.25) is 0 Å². The first-order valence-electron chi connectivity index (χ1n) is 9.44. The lowest BCUT2D eigenvalue weighted by Gasteiger charge is -2.29. The summed E-state index contributed by atoms with van der Waals surface area (Å²) in [5.41, 5.74) is 6.29. The molecule has 2 unspecified atom stereocenters. The van der Waals surface area contributed by atoms with Crippen molar-refractivity contribution in [2.24, 2.45) is 11.1 Å². The molecule has 7 nitrogen and oxygen atoms in total. The van der Waals surface area contributed by atoms with Crippen LogP contribution in [-0.2, 0) is 4.79 Å².